The summed E-state index contributed by atoms with van der Waals surface area (Å²) in [4.78, 5) is 0. The van der Waals surface area contributed by atoms with Gasteiger partial charge in [-0.05, 0) is 24.5 Å². The number of halogens is 1. The average Bonchev–Trinajstić information content (AvgIpc) is 2.22. The van der Waals surface area contributed by atoms with Crippen molar-refractivity contribution in [2.24, 2.45) is 5.92 Å². The van der Waals surface area contributed by atoms with Gasteiger partial charge in [-0.25, -0.2) is 0 Å². The van der Waals surface area contributed by atoms with E-state index in [1.54, 1.807) is 7.11 Å². The standard InChI is InChI=1S/C13H20BrNO/c1-10(2)7-8-15-13-6-4-5-12(14)11(13)9-16-3/h4-6,10,15H,7-9H2,1-3H3. The molecule has 3 heteroatoms. The van der Waals surface area contributed by atoms with Gasteiger partial charge in [-0.15, -0.1) is 0 Å². The summed E-state index contributed by atoms with van der Waals surface area (Å²) >= 11 is 3.55. The second kappa shape index (κ2) is 6.92. The Balaban J connectivity index is 2.66. The molecule has 0 atom stereocenters. The lowest BCUT2D eigenvalue weighted by atomic mass is 10.1. The molecule has 0 unspecified atom stereocenters. The molecule has 0 saturated heterocycles. The van der Waals surface area contributed by atoms with Crippen LogP contribution in [0.2, 0.25) is 0 Å². The maximum atomic E-state index is 5.21. The smallest absolute Gasteiger partial charge is 0.0744 e. The molecule has 2 nitrogen and oxygen atoms in total. The summed E-state index contributed by atoms with van der Waals surface area (Å²) in [6.45, 7) is 6.10. The van der Waals surface area contributed by atoms with E-state index in [2.05, 4.69) is 41.2 Å². The van der Waals surface area contributed by atoms with Crippen LogP contribution in [-0.4, -0.2) is 13.7 Å². The Hall–Kier alpha value is -0.540. The summed E-state index contributed by atoms with van der Waals surface area (Å²) in [7, 11) is 1.72. The molecule has 0 radical (unpaired) electrons. The zero-order chi connectivity index (χ0) is 12.0. The molecule has 0 aliphatic carbocycles. The molecule has 1 aromatic carbocycles. The fourth-order valence-electron chi connectivity index (χ4n) is 1.51. The lowest BCUT2D eigenvalue weighted by molar-refractivity contribution is 0.185. The van der Waals surface area contributed by atoms with Crippen molar-refractivity contribution in [1.29, 1.82) is 0 Å². The van der Waals surface area contributed by atoms with Gasteiger partial charge in [-0.1, -0.05) is 35.8 Å². The maximum Gasteiger partial charge on any atom is 0.0744 e. The molecular weight excluding hydrogens is 266 g/mol. The van der Waals surface area contributed by atoms with E-state index in [1.165, 1.54) is 12.0 Å². The highest BCUT2D eigenvalue weighted by Crippen LogP contribution is 2.25. The first kappa shape index (κ1) is 13.5. The van der Waals surface area contributed by atoms with Crippen LogP contribution in [0.1, 0.15) is 25.8 Å². The normalized spacial score (nSPS) is 10.8. The molecule has 0 saturated carbocycles. The summed E-state index contributed by atoms with van der Waals surface area (Å²) < 4.78 is 6.31. The molecule has 1 aromatic rings. The molecule has 16 heavy (non-hydrogen) atoms. The van der Waals surface area contributed by atoms with E-state index in [0.29, 0.717) is 6.61 Å². The summed E-state index contributed by atoms with van der Waals surface area (Å²) in [5.74, 6) is 0.727. The number of ether oxygens (including phenoxy) is 1. The van der Waals surface area contributed by atoms with Gasteiger partial charge in [0.05, 0.1) is 6.61 Å². The van der Waals surface area contributed by atoms with E-state index in [4.69, 9.17) is 4.74 Å². The van der Waals surface area contributed by atoms with Crippen LogP contribution in [0.3, 0.4) is 0 Å². The fraction of sp³-hybridized carbons (Fsp3) is 0.538. The maximum absolute atomic E-state index is 5.21. The van der Waals surface area contributed by atoms with Gasteiger partial charge >= 0.3 is 0 Å². The van der Waals surface area contributed by atoms with Crippen LogP contribution in [0.4, 0.5) is 5.69 Å². The number of rotatable bonds is 6. The van der Waals surface area contributed by atoms with Crippen molar-refractivity contribution in [3.8, 4) is 0 Å². The van der Waals surface area contributed by atoms with Crippen LogP contribution >= 0.6 is 15.9 Å². The number of anilines is 1. The zero-order valence-electron chi connectivity index (χ0n) is 10.2. The van der Waals surface area contributed by atoms with Gasteiger partial charge < -0.3 is 10.1 Å². The molecule has 0 spiro atoms. The van der Waals surface area contributed by atoms with Crippen molar-refractivity contribution in [3.63, 3.8) is 0 Å². The highest BCUT2D eigenvalue weighted by atomic mass is 79.9. The molecule has 1 N–H and O–H groups in total. The van der Waals surface area contributed by atoms with E-state index in [9.17, 15) is 0 Å². The molecule has 0 bridgehead atoms. The SMILES string of the molecule is COCc1c(Br)cccc1NCCC(C)C. The Kier molecular flexibility index (Phi) is 5.85. The molecule has 0 fully saturated rings. The molecule has 0 amide bonds. The third-order valence-electron chi connectivity index (χ3n) is 2.44. The highest BCUT2D eigenvalue weighted by molar-refractivity contribution is 9.10. The summed E-state index contributed by atoms with van der Waals surface area (Å²) in [5, 5.41) is 3.46. The highest BCUT2D eigenvalue weighted by Gasteiger charge is 2.05. The average molecular weight is 286 g/mol. The predicted molar refractivity (Wildman–Crippen MR) is 72.8 cm³/mol. The van der Waals surface area contributed by atoms with Gasteiger partial charge in [0.15, 0.2) is 0 Å². The second-order valence-corrected chi connectivity index (χ2v) is 5.16. The van der Waals surface area contributed by atoms with Crippen molar-refractivity contribution in [1.82, 2.24) is 0 Å². The minimum atomic E-state index is 0.630. The first-order valence-electron chi connectivity index (χ1n) is 5.65. The zero-order valence-corrected chi connectivity index (χ0v) is 11.8. The lowest BCUT2D eigenvalue weighted by Gasteiger charge is -2.14. The van der Waals surface area contributed by atoms with Gasteiger partial charge in [0, 0.05) is 29.4 Å². The van der Waals surface area contributed by atoms with Crippen molar-refractivity contribution in [2.45, 2.75) is 26.9 Å². The topological polar surface area (TPSA) is 21.3 Å². The first-order chi connectivity index (χ1) is 7.65. The molecule has 0 aliphatic rings. The quantitative estimate of drug-likeness (QED) is 0.851. The largest absolute Gasteiger partial charge is 0.385 e. The van der Waals surface area contributed by atoms with Crippen molar-refractivity contribution >= 4 is 21.6 Å². The summed E-state index contributed by atoms with van der Waals surface area (Å²) in [5.41, 5.74) is 2.35. The minimum absolute atomic E-state index is 0.630. The Morgan fingerprint density at radius 2 is 2.12 bits per heavy atom. The molecule has 90 valence electrons. The van der Waals surface area contributed by atoms with E-state index in [0.717, 1.165) is 22.6 Å². The Bertz CT molecular complexity index is 326. The van der Waals surface area contributed by atoms with Crippen LogP contribution in [0.15, 0.2) is 22.7 Å². The lowest BCUT2D eigenvalue weighted by Crippen LogP contribution is -2.07. The number of methoxy groups -OCH3 is 1. The van der Waals surface area contributed by atoms with Crippen LogP contribution in [-0.2, 0) is 11.3 Å². The number of hydrogen-bond donors (Lipinski definition) is 1. The Morgan fingerprint density at radius 3 is 2.75 bits per heavy atom. The van der Waals surface area contributed by atoms with Gasteiger partial charge in [0.1, 0.15) is 0 Å². The van der Waals surface area contributed by atoms with E-state index in [-0.39, 0.29) is 0 Å². The molecule has 1 rings (SSSR count). The van der Waals surface area contributed by atoms with Gasteiger partial charge in [0.2, 0.25) is 0 Å². The molecule has 0 aliphatic heterocycles. The summed E-state index contributed by atoms with van der Waals surface area (Å²) in [6, 6.07) is 6.18. The van der Waals surface area contributed by atoms with Gasteiger partial charge in [-0.3, -0.25) is 0 Å². The second-order valence-electron chi connectivity index (χ2n) is 4.31. The van der Waals surface area contributed by atoms with Crippen molar-refractivity contribution < 1.29 is 4.74 Å². The first-order valence-corrected chi connectivity index (χ1v) is 6.44. The third kappa shape index (κ3) is 4.14. The van der Waals surface area contributed by atoms with Crippen molar-refractivity contribution in [2.75, 3.05) is 19.0 Å². The molecule has 0 aromatic heterocycles. The molecular formula is C13H20BrNO. The Morgan fingerprint density at radius 1 is 1.38 bits per heavy atom. The minimum Gasteiger partial charge on any atom is -0.385 e. The van der Waals surface area contributed by atoms with Crippen LogP contribution in [0, 0.1) is 5.92 Å². The van der Waals surface area contributed by atoms with Crippen LogP contribution < -0.4 is 5.32 Å². The Labute approximate surface area is 107 Å². The van der Waals surface area contributed by atoms with E-state index in [1.807, 2.05) is 12.1 Å². The van der Waals surface area contributed by atoms with Crippen LogP contribution in [0.25, 0.3) is 0 Å². The summed E-state index contributed by atoms with van der Waals surface area (Å²) in [6.07, 6.45) is 1.18. The number of nitrogens with one attached hydrogen (secondary N) is 1. The van der Waals surface area contributed by atoms with Gasteiger partial charge in [-0.2, -0.15) is 0 Å². The van der Waals surface area contributed by atoms with Crippen LogP contribution in [0.5, 0.6) is 0 Å². The monoisotopic (exact) mass is 285 g/mol. The van der Waals surface area contributed by atoms with E-state index < -0.39 is 0 Å². The number of benzene rings is 1. The fourth-order valence-corrected chi connectivity index (χ4v) is 1.99. The predicted octanol–water partition coefficient (Wildman–Crippen LogP) is 4.05. The third-order valence-corrected chi connectivity index (χ3v) is 3.19. The van der Waals surface area contributed by atoms with E-state index >= 15 is 0 Å². The number of hydrogen-bond acceptors (Lipinski definition) is 2. The van der Waals surface area contributed by atoms with Gasteiger partial charge in [0.25, 0.3) is 0 Å². The van der Waals surface area contributed by atoms with Crippen molar-refractivity contribution in [3.05, 3.63) is 28.2 Å². The molecule has 0 heterocycles.